The molecule has 0 radical (unpaired) electrons. The molecule has 2 rings (SSSR count). The molecule has 5 N–H and O–H groups in total. The minimum absolute atomic E-state index is 0.0308. The number of anilines is 2. The van der Waals surface area contributed by atoms with E-state index in [1.807, 2.05) is 6.92 Å². The van der Waals surface area contributed by atoms with Gasteiger partial charge in [0.15, 0.2) is 5.84 Å². The van der Waals surface area contributed by atoms with Crippen LogP contribution in [0.25, 0.3) is 0 Å². The predicted octanol–water partition coefficient (Wildman–Crippen LogP) is 1.68. The molecule has 11 heteroatoms. The van der Waals surface area contributed by atoms with Crippen molar-refractivity contribution in [2.24, 2.45) is 0 Å². The lowest BCUT2D eigenvalue weighted by atomic mass is 10.2. The molecule has 0 saturated heterocycles. The van der Waals surface area contributed by atoms with Crippen molar-refractivity contribution in [3.63, 3.8) is 0 Å². The number of rotatable bonds is 8. The van der Waals surface area contributed by atoms with E-state index in [1.165, 1.54) is 36.8 Å². The Morgan fingerprint density at radius 3 is 2.69 bits per heavy atom. The van der Waals surface area contributed by atoms with Gasteiger partial charge < -0.3 is 20.3 Å². The largest absolute Gasteiger partial charge is 0.481 e. The molecule has 0 aromatic carbocycles. The number of hydrogen-bond donors (Lipinski definition) is 5. The SMILES string of the molecule is CCN(C=N)C(=N)c1cccc(NC(=O)/C(=C/Nc2cnccn2)C(=N)OC)n1. The van der Waals surface area contributed by atoms with Crippen LogP contribution in [0.2, 0.25) is 0 Å². The van der Waals surface area contributed by atoms with Crippen LogP contribution in [0.5, 0.6) is 0 Å². The Kier molecular flexibility index (Phi) is 7.48. The first kappa shape index (κ1) is 21.2. The Labute approximate surface area is 167 Å². The van der Waals surface area contributed by atoms with Gasteiger partial charge in [-0.2, -0.15) is 0 Å². The summed E-state index contributed by atoms with van der Waals surface area (Å²) in [4.78, 5) is 26.2. The number of ether oxygens (including phenoxy) is 1. The zero-order valence-electron chi connectivity index (χ0n) is 15.9. The molecule has 0 aliphatic heterocycles. The van der Waals surface area contributed by atoms with Gasteiger partial charge in [-0.1, -0.05) is 6.07 Å². The van der Waals surface area contributed by atoms with Gasteiger partial charge in [0, 0.05) is 25.1 Å². The van der Waals surface area contributed by atoms with E-state index in [1.54, 1.807) is 18.2 Å². The summed E-state index contributed by atoms with van der Waals surface area (Å²) in [5.41, 5.74) is 0.202. The Hall–Kier alpha value is -4.15. The maximum Gasteiger partial charge on any atom is 0.263 e. The summed E-state index contributed by atoms with van der Waals surface area (Å²) in [6, 6.07) is 4.79. The predicted molar refractivity (Wildman–Crippen MR) is 109 cm³/mol. The summed E-state index contributed by atoms with van der Waals surface area (Å²) in [6.45, 7) is 2.25. The summed E-state index contributed by atoms with van der Waals surface area (Å²) >= 11 is 0. The Balaban J connectivity index is 2.21. The summed E-state index contributed by atoms with van der Waals surface area (Å²) < 4.78 is 4.87. The maximum absolute atomic E-state index is 12.6. The molecule has 0 atom stereocenters. The summed E-state index contributed by atoms with van der Waals surface area (Å²) in [6.07, 6.45) is 6.77. The highest BCUT2D eigenvalue weighted by molar-refractivity contribution is 6.22. The third-order valence-corrected chi connectivity index (χ3v) is 3.64. The molecule has 0 saturated carbocycles. The van der Waals surface area contributed by atoms with Gasteiger partial charge in [-0.3, -0.25) is 26.0 Å². The molecule has 0 spiro atoms. The van der Waals surface area contributed by atoms with Crippen molar-refractivity contribution in [2.45, 2.75) is 6.92 Å². The first-order valence-corrected chi connectivity index (χ1v) is 8.50. The van der Waals surface area contributed by atoms with E-state index in [-0.39, 0.29) is 28.8 Å². The molecule has 0 bridgehead atoms. The van der Waals surface area contributed by atoms with E-state index in [2.05, 4.69) is 25.6 Å². The minimum atomic E-state index is -0.635. The second-order valence-electron chi connectivity index (χ2n) is 5.45. The van der Waals surface area contributed by atoms with Crippen molar-refractivity contribution < 1.29 is 9.53 Å². The van der Waals surface area contributed by atoms with Gasteiger partial charge in [0.2, 0.25) is 5.90 Å². The zero-order valence-corrected chi connectivity index (χ0v) is 15.9. The molecule has 150 valence electrons. The Bertz CT molecular complexity index is 928. The molecule has 0 aliphatic rings. The van der Waals surface area contributed by atoms with E-state index in [9.17, 15) is 4.79 Å². The molecule has 0 fully saturated rings. The fourth-order valence-corrected chi connectivity index (χ4v) is 2.14. The third-order valence-electron chi connectivity index (χ3n) is 3.64. The number of nitrogens with one attached hydrogen (secondary N) is 5. The minimum Gasteiger partial charge on any atom is -0.481 e. The van der Waals surface area contributed by atoms with Crippen molar-refractivity contribution in [1.29, 1.82) is 16.2 Å². The van der Waals surface area contributed by atoms with Crippen LogP contribution in [0, 0.1) is 16.2 Å². The van der Waals surface area contributed by atoms with Gasteiger partial charge in [0.25, 0.3) is 5.91 Å². The number of aromatic nitrogens is 3. The van der Waals surface area contributed by atoms with Crippen LogP contribution < -0.4 is 10.6 Å². The van der Waals surface area contributed by atoms with Crippen LogP contribution in [0.3, 0.4) is 0 Å². The number of carbonyl (C=O) groups is 1. The lowest BCUT2D eigenvalue weighted by Crippen LogP contribution is -2.30. The fraction of sp³-hybridized carbons (Fsp3) is 0.167. The van der Waals surface area contributed by atoms with E-state index in [4.69, 9.17) is 21.0 Å². The van der Waals surface area contributed by atoms with Crippen molar-refractivity contribution in [3.05, 3.63) is 54.3 Å². The van der Waals surface area contributed by atoms with Crippen molar-refractivity contribution in [3.8, 4) is 0 Å². The number of amides is 1. The molecule has 0 unspecified atom stereocenters. The summed E-state index contributed by atoms with van der Waals surface area (Å²) in [5, 5.41) is 28.7. The van der Waals surface area contributed by atoms with Crippen molar-refractivity contribution >= 4 is 35.6 Å². The van der Waals surface area contributed by atoms with Crippen LogP contribution >= 0.6 is 0 Å². The standard InChI is InChI=1S/C18H21N9O2/c1-3-27(11-19)16(20)13-5-4-6-14(25-13)26-18(28)12(17(21)29-2)9-24-15-10-22-7-8-23-15/h4-11,19-21H,3H2,1-2H3,(H,23,24)(H,25,26,28)/b12-9+,19-11?,20-16?,21-17?. The lowest BCUT2D eigenvalue weighted by Gasteiger charge is -2.17. The molecule has 29 heavy (non-hydrogen) atoms. The Morgan fingerprint density at radius 2 is 2.07 bits per heavy atom. The van der Waals surface area contributed by atoms with E-state index < -0.39 is 5.91 Å². The molecule has 2 aromatic rings. The maximum atomic E-state index is 12.6. The molecular weight excluding hydrogens is 374 g/mol. The van der Waals surface area contributed by atoms with Crippen LogP contribution in [0.1, 0.15) is 12.6 Å². The van der Waals surface area contributed by atoms with Gasteiger partial charge in [-0.15, -0.1) is 0 Å². The lowest BCUT2D eigenvalue weighted by molar-refractivity contribution is -0.112. The number of hydrogen-bond acceptors (Lipinski definition) is 9. The summed E-state index contributed by atoms with van der Waals surface area (Å²) in [7, 11) is 1.28. The van der Waals surface area contributed by atoms with Gasteiger partial charge in [-0.05, 0) is 19.1 Å². The second kappa shape index (κ2) is 10.3. The topological polar surface area (TPSA) is 164 Å². The van der Waals surface area contributed by atoms with Gasteiger partial charge in [0.1, 0.15) is 22.9 Å². The smallest absolute Gasteiger partial charge is 0.263 e. The number of carbonyl (C=O) groups excluding carboxylic acids is 1. The third kappa shape index (κ3) is 5.66. The number of methoxy groups -OCH3 is 1. The molecule has 11 nitrogen and oxygen atoms in total. The van der Waals surface area contributed by atoms with E-state index in [0.29, 0.717) is 12.4 Å². The quantitative estimate of drug-likeness (QED) is 0.258. The van der Waals surface area contributed by atoms with Gasteiger partial charge >= 0.3 is 0 Å². The second-order valence-corrected chi connectivity index (χ2v) is 5.45. The van der Waals surface area contributed by atoms with Crippen LogP contribution in [0.15, 0.2) is 48.6 Å². The Morgan fingerprint density at radius 1 is 1.28 bits per heavy atom. The van der Waals surface area contributed by atoms with Crippen molar-refractivity contribution in [2.75, 3.05) is 24.3 Å². The molecular formula is C18H21N9O2. The highest BCUT2D eigenvalue weighted by atomic mass is 16.5. The summed E-state index contributed by atoms with van der Waals surface area (Å²) in [5.74, 6) is -0.384. The van der Waals surface area contributed by atoms with E-state index >= 15 is 0 Å². The number of pyridine rings is 1. The molecule has 2 aromatic heterocycles. The first-order valence-electron chi connectivity index (χ1n) is 8.50. The highest BCUT2D eigenvalue weighted by Gasteiger charge is 2.18. The monoisotopic (exact) mass is 395 g/mol. The van der Waals surface area contributed by atoms with Gasteiger partial charge in [-0.25, -0.2) is 9.97 Å². The average Bonchev–Trinajstić information content (AvgIpc) is 2.75. The van der Waals surface area contributed by atoms with Gasteiger partial charge in [0.05, 0.1) is 19.6 Å². The normalized spacial score (nSPS) is 10.6. The first-order chi connectivity index (χ1) is 14.0. The average molecular weight is 395 g/mol. The number of nitrogens with zero attached hydrogens (tertiary/aromatic N) is 4. The van der Waals surface area contributed by atoms with Crippen molar-refractivity contribution in [1.82, 2.24) is 19.9 Å². The molecule has 2 heterocycles. The molecule has 0 aliphatic carbocycles. The van der Waals surface area contributed by atoms with Crippen LogP contribution in [0.4, 0.5) is 11.6 Å². The fourth-order valence-electron chi connectivity index (χ4n) is 2.14. The van der Waals surface area contributed by atoms with Crippen LogP contribution in [-0.4, -0.2) is 57.5 Å². The van der Waals surface area contributed by atoms with Crippen LogP contribution in [-0.2, 0) is 9.53 Å². The number of amidine groups is 1. The molecule has 1 amide bonds. The highest BCUT2D eigenvalue weighted by Crippen LogP contribution is 2.10. The zero-order chi connectivity index (χ0) is 21.2. The van der Waals surface area contributed by atoms with E-state index in [0.717, 1.165) is 6.34 Å².